The molecule has 0 aliphatic rings. The molecule has 2 unspecified atom stereocenters. The number of likely N-dealkylation sites (N-methyl/N-ethyl adjacent to an activating group) is 2. The van der Waals surface area contributed by atoms with Gasteiger partial charge in [0.15, 0.2) is 0 Å². The van der Waals surface area contributed by atoms with Crippen LogP contribution < -0.4 is 5.32 Å². The zero-order valence-corrected chi connectivity index (χ0v) is 12.5. The largest absolute Gasteiger partial charge is 0.312 e. The maximum atomic E-state index is 3.43. The maximum Gasteiger partial charge on any atom is 0.0446 e. The molecule has 0 spiro atoms. The molecule has 0 heterocycles. The summed E-state index contributed by atoms with van der Waals surface area (Å²) in [7, 11) is 4.27. The molecule has 1 N–H and O–H groups in total. The van der Waals surface area contributed by atoms with E-state index in [4.69, 9.17) is 0 Å². The fourth-order valence-electron chi connectivity index (χ4n) is 2.36. The van der Waals surface area contributed by atoms with Crippen LogP contribution in [0.1, 0.15) is 43.9 Å². The number of rotatable bonds is 7. The zero-order valence-electron chi connectivity index (χ0n) is 12.5. The van der Waals surface area contributed by atoms with Crippen molar-refractivity contribution in [2.75, 3.05) is 20.6 Å². The Morgan fingerprint density at radius 3 is 2.61 bits per heavy atom. The minimum atomic E-state index is 0.411. The van der Waals surface area contributed by atoms with E-state index < -0.39 is 0 Å². The molecule has 0 aromatic heterocycles. The number of hydrogen-bond donors (Lipinski definition) is 1. The summed E-state index contributed by atoms with van der Waals surface area (Å²) in [6, 6.07) is 9.85. The molecule has 1 rings (SSSR count). The molecule has 1 aromatic carbocycles. The first-order chi connectivity index (χ1) is 8.58. The molecule has 0 amide bonds. The van der Waals surface area contributed by atoms with Gasteiger partial charge in [-0.1, -0.05) is 43.2 Å². The van der Waals surface area contributed by atoms with Crippen molar-refractivity contribution in [3.05, 3.63) is 35.4 Å². The molecule has 2 nitrogen and oxygen atoms in total. The predicted octanol–water partition coefficient (Wildman–Crippen LogP) is 3.38. The second-order valence-electron chi connectivity index (χ2n) is 5.33. The van der Waals surface area contributed by atoms with Gasteiger partial charge in [0.1, 0.15) is 0 Å². The van der Waals surface area contributed by atoms with Crippen LogP contribution in [-0.4, -0.2) is 31.6 Å². The third kappa shape index (κ3) is 4.43. The molecule has 0 radical (unpaired) electrons. The van der Waals surface area contributed by atoms with Gasteiger partial charge in [-0.15, -0.1) is 0 Å². The van der Waals surface area contributed by atoms with Gasteiger partial charge in [0.2, 0.25) is 0 Å². The molecule has 18 heavy (non-hydrogen) atoms. The molecule has 2 heteroatoms. The van der Waals surface area contributed by atoms with Crippen molar-refractivity contribution >= 4 is 0 Å². The van der Waals surface area contributed by atoms with Crippen LogP contribution in [-0.2, 0) is 0 Å². The average molecular weight is 248 g/mol. The summed E-state index contributed by atoms with van der Waals surface area (Å²) in [5.41, 5.74) is 2.71. The average Bonchev–Trinajstić information content (AvgIpc) is 2.35. The Kier molecular flexibility index (Phi) is 6.37. The fraction of sp³-hybridized carbons (Fsp3) is 0.625. The van der Waals surface area contributed by atoms with E-state index in [1.807, 2.05) is 7.05 Å². The number of nitrogens with one attached hydrogen (secondary N) is 1. The van der Waals surface area contributed by atoms with Gasteiger partial charge in [-0.2, -0.15) is 0 Å². The zero-order chi connectivity index (χ0) is 13.5. The molecule has 0 saturated heterocycles. The van der Waals surface area contributed by atoms with Gasteiger partial charge in [-0.3, -0.25) is 0 Å². The summed E-state index contributed by atoms with van der Waals surface area (Å²) in [6.45, 7) is 7.77. The molecule has 2 atom stereocenters. The Bertz CT molecular complexity index is 349. The SMILES string of the molecule is CCCC(C)N(C)CC(NC)c1cccc(C)c1. The summed E-state index contributed by atoms with van der Waals surface area (Å²) in [5.74, 6) is 0. The standard InChI is InChI=1S/C16H28N2/c1-6-8-14(3)18(5)12-16(17-4)15-10-7-9-13(2)11-15/h7,9-11,14,16-17H,6,8,12H2,1-5H3. The number of hydrogen-bond acceptors (Lipinski definition) is 2. The van der Waals surface area contributed by atoms with Crippen molar-refractivity contribution in [2.24, 2.45) is 0 Å². The summed E-state index contributed by atoms with van der Waals surface area (Å²) >= 11 is 0. The highest BCUT2D eigenvalue weighted by Gasteiger charge is 2.15. The Balaban J connectivity index is 2.67. The Morgan fingerprint density at radius 1 is 1.33 bits per heavy atom. The topological polar surface area (TPSA) is 15.3 Å². The van der Waals surface area contributed by atoms with Gasteiger partial charge in [0, 0.05) is 18.6 Å². The molecule has 0 aliphatic carbocycles. The van der Waals surface area contributed by atoms with Gasteiger partial charge >= 0.3 is 0 Å². The normalized spacial score (nSPS) is 14.8. The van der Waals surface area contributed by atoms with Gasteiger partial charge in [0.25, 0.3) is 0 Å². The van der Waals surface area contributed by atoms with Crippen LogP contribution in [0.4, 0.5) is 0 Å². The minimum Gasteiger partial charge on any atom is -0.312 e. The molecule has 0 bridgehead atoms. The maximum absolute atomic E-state index is 3.43. The van der Waals surface area contributed by atoms with Gasteiger partial charge < -0.3 is 10.2 Å². The van der Waals surface area contributed by atoms with Crippen molar-refractivity contribution < 1.29 is 0 Å². The van der Waals surface area contributed by atoms with E-state index in [0.717, 1.165) is 6.54 Å². The number of benzene rings is 1. The molecule has 0 saturated carbocycles. The Morgan fingerprint density at radius 2 is 2.06 bits per heavy atom. The number of nitrogens with zero attached hydrogens (tertiary/aromatic N) is 1. The highest BCUT2D eigenvalue weighted by molar-refractivity contribution is 5.25. The lowest BCUT2D eigenvalue weighted by Gasteiger charge is -2.29. The fourth-order valence-corrected chi connectivity index (χ4v) is 2.36. The highest BCUT2D eigenvalue weighted by Crippen LogP contribution is 2.17. The van der Waals surface area contributed by atoms with E-state index in [1.54, 1.807) is 0 Å². The lowest BCUT2D eigenvalue weighted by atomic mass is 10.0. The first-order valence-corrected chi connectivity index (χ1v) is 7.02. The van der Waals surface area contributed by atoms with Crippen molar-refractivity contribution in [2.45, 2.75) is 45.7 Å². The van der Waals surface area contributed by atoms with E-state index in [0.29, 0.717) is 12.1 Å². The van der Waals surface area contributed by atoms with Crippen LogP contribution in [0.2, 0.25) is 0 Å². The second-order valence-corrected chi connectivity index (χ2v) is 5.33. The molecule has 0 aliphatic heterocycles. The molecular formula is C16H28N2. The van der Waals surface area contributed by atoms with E-state index >= 15 is 0 Å². The lowest BCUT2D eigenvalue weighted by molar-refractivity contribution is 0.222. The molecule has 1 aromatic rings. The Labute approximate surface area is 112 Å². The molecule has 0 fully saturated rings. The van der Waals surface area contributed by atoms with Gasteiger partial charge in [-0.05, 0) is 39.9 Å². The van der Waals surface area contributed by atoms with E-state index in [-0.39, 0.29) is 0 Å². The molecule has 102 valence electrons. The van der Waals surface area contributed by atoms with E-state index in [9.17, 15) is 0 Å². The predicted molar refractivity (Wildman–Crippen MR) is 80.0 cm³/mol. The van der Waals surface area contributed by atoms with Gasteiger partial charge in [-0.25, -0.2) is 0 Å². The monoisotopic (exact) mass is 248 g/mol. The Hall–Kier alpha value is -0.860. The molecular weight excluding hydrogens is 220 g/mol. The summed E-state index contributed by atoms with van der Waals surface area (Å²) in [5, 5.41) is 3.43. The second kappa shape index (κ2) is 7.55. The van der Waals surface area contributed by atoms with Crippen LogP contribution in [0.3, 0.4) is 0 Å². The van der Waals surface area contributed by atoms with Crippen LogP contribution in [0.5, 0.6) is 0 Å². The van der Waals surface area contributed by atoms with Crippen LogP contribution in [0, 0.1) is 6.92 Å². The van der Waals surface area contributed by atoms with Crippen molar-refractivity contribution in [1.82, 2.24) is 10.2 Å². The van der Waals surface area contributed by atoms with Crippen molar-refractivity contribution in [3.63, 3.8) is 0 Å². The number of aryl methyl sites for hydroxylation is 1. The lowest BCUT2D eigenvalue weighted by Crippen LogP contribution is -2.36. The summed E-state index contributed by atoms with van der Waals surface area (Å²) in [6.07, 6.45) is 2.51. The third-order valence-electron chi connectivity index (χ3n) is 3.72. The van der Waals surface area contributed by atoms with Gasteiger partial charge in [0.05, 0.1) is 0 Å². The highest BCUT2D eigenvalue weighted by atomic mass is 15.1. The van der Waals surface area contributed by atoms with Crippen molar-refractivity contribution in [1.29, 1.82) is 0 Å². The van der Waals surface area contributed by atoms with E-state index in [2.05, 4.69) is 62.3 Å². The first-order valence-electron chi connectivity index (χ1n) is 7.02. The first kappa shape index (κ1) is 15.2. The quantitative estimate of drug-likeness (QED) is 0.796. The smallest absolute Gasteiger partial charge is 0.0446 e. The van der Waals surface area contributed by atoms with Crippen LogP contribution >= 0.6 is 0 Å². The summed E-state index contributed by atoms with van der Waals surface area (Å²) in [4.78, 5) is 2.45. The summed E-state index contributed by atoms with van der Waals surface area (Å²) < 4.78 is 0. The van der Waals surface area contributed by atoms with Crippen LogP contribution in [0.25, 0.3) is 0 Å². The van der Waals surface area contributed by atoms with Crippen molar-refractivity contribution in [3.8, 4) is 0 Å². The minimum absolute atomic E-state index is 0.411. The van der Waals surface area contributed by atoms with E-state index in [1.165, 1.54) is 24.0 Å². The van der Waals surface area contributed by atoms with Crippen LogP contribution in [0.15, 0.2) is 24.3 Å². The third-order valence-corrected chi connectivity index (χ3v) is 3.72.